The number of aliphatic imine (C=N–C) groups is 1. The lowest BCUT2D eigenvalue weighted by Crippen LogP contribution is -2.42. The van der Waals surface area contributed by atoms with Crippen LogP contribution >= 0.6 is 0 Å². The lowest BCUT2D eigenvalue weighted by Gasteiger charge is -2.34. The number of hydrogen-bond donors (Lipinski definition) is 2. The zero-order chi connectivity index (χ0) is 22.1. The lowest BCUT2D eigenvalue weighted by atomic mass is 10.0. The Hall–Kier alpha value is -2.38. The molecule has 0 aliphatic carbocycles. The zero-order valence-electron chi connectivity index (χ0n) is 19.5. The largest absolute Gasteiger partial charge is 0.379 e. The molecule has 0 radical (unpaired) electrons. The van der Waals surface area contributed by atoms with E-state index in [9.17, 15) is 0 Å². The van der Waals surface area contributed by atoms with Gasteiger partial charge in [0.2, 0.25) is 0 Å². The summed E-state index contributed by atoms with van der Waals surface area (Å²) >= 11 is 0. The van der Waals surface area contributed by atoms with Gasteiger partial charge >= 0.3 is 0 Å². The van der Waals surface area contributed by atoms with Crippen LogP contribution in [0, 0.1) is 20.8 Å². The average molecular weight is 427 g/mol. The molecule has 7 heteroatoms. The van der Waals surface area contributed by atoms with E-state index in [-0.39, 0.29) is 6.04 Å². The van der Waals surface area contributed by atoms with Gasteiger partial charge in [-0.2, -0.15) is 5.10 Å². The highest BCUT2D eigenvalue weighted by atomic mass is 16.5. The number of hydrogen-bond acceptors (Lipinski definition) is 4. The first-order valence-electron chi connectivity index (χ1n) is 11.5. The van der Waals surface area contributed by atoms with Gasteiger partial charge in [0, 0.05) is 38.4 Å². The zero-order valence-corrected chi connectivity index (χ0v) is 19.5. The molecule has 7 nitrogen and oxygen atoms in total. The van der Waals surface area contributed by atoms with Crippen LogP contribution in [0.2, 0.25) is 0 Å². The minimum atomic E-state index is 0.259. The summed E-state index contributed by atoms with van der Waals surface area (Å²) in [4.78, 5) is 7.43. The summed E-state index contributed by atoms with van der Waals surface area (Å²) in [7, 11) is 0. The number of benzene rings is 1. The molecule has 1 atom stereocenters. The van der Waals surface area contributed by atoms with E-state index >= 15 is 0 Å². The molecule has 0 spiro atoms. The Morgan fingerprint density at radius 2 is 1.87 bits per heavy atom. The van der Waals surface area contributed by atoms with Gasteiger partial charge in [0.1, 0.15) is 0 Å². The number of morpholine rings is 1. The molecule has 1 saturated heterocycles. The van der Waals surface area contributed by atoms with Crippen molar-refractivity contribution in [2.24, 2.45) is 4.99 Å². The topological polar surface area (TPSA) is 66.7 Å². The molecule has 1 aliphatic heterocycles. The fourth-order valence-corrected chi connectivity index (χ4v) is 3.97. The van der Waals surface area contributed by atoms with Gasteiger partial charge in [0.05, 0.1) is 31.5 Å². The number of nitrogens with zero attached hydrogens (tertiary/aromatic N) is 4. The molecule has 170 valence electrons. The van der Waals surface area contributed by atoms with Crippen LogP contribution in [0.25, 0.3) is 0 Å². The van der Waals surface area contributed by atoms with E-state index in [1.54, 1.807) is 0 Å². The first-order chi connectivity index (χ1) is 15.1. The Balaban J connectivity index is 1.60. The van der Waals surface area contributed by atoms with Crippen molar-refractivity contribution in [1.82, 2.24) is 25.3 Å². The van der Waals surface area contributed by atoms with Gasteiger partial charge < -0.3 is 15.4 Å². The van der Waals surface area contributed by atoms with Crippen LogP contribution in [0.3, 0.4) is 0 Å². The van der Waals surface area contributed by atoms with Crippen LogP contribution in [0.15, 0.2) is 35.3 Å². The van der Waals surface area contributed by atoms with E-state index in [1.165, 1.54) is 16.8 Å². The number of nitrogens with one attached hydrogen (secondary N) is 2. The highest BCUT2D eigenvalue weighted by Crippen LogP contribution is 2.22. The van der Waals surface area contributed by atoms with Gasteiger partial charge in [-0.3, -0.25) is 14.6 Å². The quantitative estimate of drug-likeness (QED) is 0.367. The summed E-state index contributed by atoms with van der Waals surface area (Å²) in [6.45, 7) is 15.2. The van der Waals surface area contributed by atoms with Crippen LogP contribution in [0.5, 0.6) is 0 Å². The van der Waals surface area contributed by atoms with Gasteiger partial charge in [0.15, 0.2) is 5.96 Å². The van der Waals surface area contributed by atoms with Gasteiger partial charge in [0.25, 0.3) is 0 Å². The molecule has 1 aromatic heterocycles. The Kier molecular flexibility index (Phi) is 8.91. The van der Waals surface area contributed by atoms with Crippen molar-refractivity contribution in [3.63, 3.8) is 0 Å². The van der Waals surface area contributed by atoms with E-state index in [2.05, 4.69) is 76.4 Å². The molecule has 1 unspecified atom stereocenters. The lowest BCUT2D eigenvalue weighted by molar-refractivity contribution is 0.0179. The molecule has 2 N–H and O–H groups in total. The molecular weight excluding hydrogens is 388 g/mol. The molecule has 1 aliphatic rings. The smallest absolute Gasteiger partial charge is 0.191 e. The van der Waals surface area contributed by atoms with E-state index in [0.717, 1.165) is 70.6 Å². The molecule has 1 aromatic carbocycles. The minimum absolute atomic E-state index is 0.259. The monoisotopic (exact) mass is 426 g/mol. The van der Waals surface area contributed by atoms with E-state index in [4.69, 9.17) is 9.73 Å². The maximum Gasteiger partial charge on any atom is 0.191 e. The van der Waals surface area contributed by atoms with Crippen LogP contribution in [-0.4, -0.2) is 66.6 Å². The predicted octanol–water partition coefficient (Wildman–Crippen LogP) is 2.83. The van der Waals surface area contributed by atoms with Crippen molar-refractivity contribution in [2.45, 2.75) is 46.7 Å². The second-order valence-corrected chi connectivity index (χ2v) is 8.23. The number of rotatable bonds is 9. The van der Waals surface area contributed by atoms with Crippen molar-refractivity contribution in [3.8, 4) is 0 Å². The van der Waals surface area contributed by atoms with Crippen molar-refractivity contribution in [3.05, 3.63) is 52.8 Å². The first kappa shape index (κ1) is 23.3. The van der Waals surface area contributed by atoms with E-state index in [0.29, 0.717) is 0 Å². The highest BCUT2D eigenvalue weighted by molar-refractivity contribution is 5.79. The van der Waals surface area contributed by atoms with Crippen LogP contribution in [0.1, 0.15) is 41.9 Å². The van der Waals surface area contributed by atoms with Gasteiger partial charge in [-0.25, -0.2) is 0 Å². The van der Waals surface area contributed by atoms with Crippen LogP contribution in [0.4, 0.5) is 0 Å². The second kappa shape index (κ2) is 11.9. The minimum Gasteiger partial charge on any atom is -0.379 e. The fourth-order valence-electron chi connectivity index (χ4n) is 3.97. The standard InChI is InChI=1S/C24H38N6O/c1-5-25-24(26-11-6-12-30-21(4)17-20(3)28-30)27-18-23(29-13-15-31-16-14-29)22-9-7-19(2)8-10-22/h7-10,17,23H,5-6,11-16,18H2,1-4H3,(H2,25,26,27). The molecule has 3 rings (SSSR count). The number of aromatic nitrogens is 2. The second-order valence-electron chi connectivity index (χ2n) is 8.23. The molecule has 0 saturated carbocycles. The third-order valence-corrected chi connectivity index (χ3v) is 5.66. The third-order valence-electron chi connectivity index (χ3n) is 5.66. The average Bonchev–Trinajstić information content (AvgIpc) is 3.10. The van der Waals surface area contributed by atoms with Crippen molar-refractivity contribution in [2.75, 3.05) is 45.9 Å². The highest BCUT2D eigenvalue weighted by Gasteiger charge is 2.22. The molecular formula is C24H38N6O. The summed E-state index contributed by atoms with van der Waals surface area (Å²) in [5.41, 5.74) is 4.89. The Morgan fingerprint density at radius 1 is 1.13 bits per heavy atom. The summed E-state index contributed by atoms with van der Waals surface area (Å²) in [5.74, 6) is 0.876. The van der Waals surface area contributed by atoms with E-state index < -0.39 is 0 Å². The van der Waals surface area contributed by atoms with E-state index in [1.807, 2.05) is 6.92 Å². The number of guanidine groups is 1. The summed E-state index contributed by atoms with van der Waals surface area (Å²) in [6, 6.07) is 11.2. The molecule has 31 heavy (non-hydrogen) atoms. The van der Waals surface area contributed by atoms with Crippen LogP contribution in [-0.2, 0) is 11.3 Å². The molecule has 2 aromatic rings. The Labute approximate surface area is 186 Å². The Bertz CT molecular complexity index is 823. The third kappa shape index (κ3) is 7.08. The molecule has 1 fully saturated rings. The predicted molar refractivity (Wildman–Crippen MR) is 127 cm³/mol. The van der Waals surface area contributed by atoms with Gasteiger partial charge in [-0.05, 0) is 45.7 Å². The van der Waals surface area contributed by atoms with Crippen molar-refractivity contribution >= 4 is 5.96 Å². The summed E-state index contributed by atoms with van der Waals surface area (Å²) in [6.07, 6.45) is 0.997. The SMILES string of the molecule is CCNC(=NCC(c1ccc(C)cc1)N1CCOCC1)NCCCn1nc(C)cc1C. The maximum atomic E-state index is 5.57. The van der Waals surface area contributed by atoms with Crippen LogP contribution < -0.4 is 10.6 Å². The fraction of sp³-hybridized carbons (Fsp3) is 0.583. The molecule has 2 heterocycles. The summed E-state index contributed by atoms with van der Waals surface area (Å²) < 4.78 is 7.65. The number of ether oxygens (including phenoxy) is 1. The Morgan fingerprint density at radius 3 is 2.52 bits per heavy atom. The number of aryl methyl sites for hydroxylation is 4. The van der Waals surface area contributed by atoms with Gasteiger partial charge in [-0.15, -0.1) is 0 Å². The maximum absolute atomic E-state index is 5.57. The first-order valence-corrected chi connectivity index (χ1v) is 11.5. The van der Waals surface area contributed by atoms with Gasteiger partial charge in [-0.1, -0.05) is 29.8 Å². The summed E-state index contributed by atoms with van der Waals surface area (Å²) in [5, 5.41) is 11.4. The molecule has 0 amide bonds. The molecule has 0 bridgehead atoms. The van der Waals surface area contributed by atoms with Crippen molar-refractivity contribution < 1.29 is 4.74 Å². The normalized spacial score (nSPS) is 16.3. The van der Waals surface area contributed by atoms with Crippen molar-refractivity contribution in [1.29, 1.82) is 0 Å².